The van der Waals surface area contributed by atoms with E-state index in [2.05, 4.69) is 31.2 Å². The lowest BCUT2D eigenvalue weighted by atomic mass is 9.94. The van der Waals surface area contributed by atoms with Gasteiger partial charge in [0.2, 0.25) is 11.7 Å². The average Bonchev–Trinajstić information content (AvgIpc) is 2.96. The number of hydrogen-bond donors (Lipinski definition) is 0. The van der Waals surface area contributed by atoms with Crippen molar-refractivity contribution in [1.29, 1.82) is 0 Å². The van der Waals surface area contributed by atoms with Gasteiger partial charge in [-0.25, -0.2) is 0 Å². The van der Waals surface area contributed by atoms with Gasteiger partial charge in [0.25, 0.3) is 0 Å². The SMILES string of the molecule is CCOC(=O)C(C)(C)c1nc(-c2cc(Br)nn2C)no1. The summed E-state index contributed by atoms with van der Waals surface area (Å²) in [6.07, 6.45) is 0. The van der Waals surface area contributed by atoms with Crippen LogP contribution in [0.5, 0.6) is 0 Å². The van der Waals surface area contributed by atoms with Crippen molar-refractivity contribution in [2.45, 2.75) is 26.2 Å². The van der Waals surface area contributed by atoms with Gasteiger partial charge in [-0.3, -0.25) is 9.48 Å². The summed E-state index contributed by atoms with van der Waals surface area (Å²) in [7, 11) is 1.77. The molecule has 0 aromatic carbocycles. The second kappa shape index (κ2) is 5.35. The fourth-order valence-electron chi connectivity index (χ4n) is 1.62. The van der Waals surface area contributed by atoms with Gasteiger partial charge in [-0.1, -0.05) is 5.16 Å². The Labute approximate surface area is 124 Å². The number of esters is 1. The third-order valence-electron chi connectivity index (χ3n) is 2.83. The van der Waals surface area contributed by atoms with E-state index < -0.39 is 11.4 Å². The van der Waals surface area contributed by atoms with Crippen LogP contribution < -0.4 is 0 Å². The van der Waals surface area contributed by atoms with Crippen LogP contribution in [0.3, 0.4) is 0 Å². The molecule has 0 radical (unpaired) electrons. The smallest absolute Gasteiger partial charge is 0.321 e. The molecule has 2 aromatic heterocycles. The highest BCUT2D eigenvalue weighted by atomic mass is 79.9. The number of nitrogens with zero attached hydrogens (tertiary/aromatic N) is 4. The normalized spacial score (nSPS) is 11.7. The first kappa shape index (κ1) is 14.7. The summed E-state index contributed by atoms with van der Waals surface area (Å²) in [6, 6.07) is 1.77. The van der Waals surface area contributed by atoms with E-state index in [1.54, 1.807) is 38.6 Å². The summed E-state index contributed by atoms with van der Waals surface area (Å²) < 4.78 is 12.5. The Hall–Kier alpha value is -1.70. The zero-order chi connectivity index (χ0) is 14.9. The van der Waals surface area contributed by atoms with Crippen LogP contribution in [0.2, 0.25) is 0 Å². The van der Waals surface area contributed by atoms with Crippen LogP contribution in [0.1, 0.15) is 26.7 Å². The molecule has 0 amide bonds. The lowest BCUT2D eigenvalue weighted by molar-refractivity contribution is -0.149. The number of carbonyl (C=O) groups is 1. The van der Waals surface area contributed by atoms with Crippen molar-refractivity contribution in [3.63, 3.8) is 0 Å². The van der Waals surface area contributed by atoms with Gasteiger partial charge in [-0.2, -0.15) is 10.1 Å². The summed E-state index contributed by atoms with van der Waals surface area (Å²) in [5.74, 6) is 0.183. The van der Waals surface area contributed by atoms with E-state index >= 15 is 0 Å². The van der Waals surface area contributed by atoms with Crippen LogP contribution in [-0.2, 0) is 22.0 Å². The number of rotatable bonds is 4. The van der Waals surface area contributed by atoms with Crippen molar-refractivity contribution in [3.8, 4) is 11.5 Å². The number of halogens is 1. The van der Waals surface area contributed by atoms with Crippen molar-refractivity contribution in [2.24, 2.45) is 7.05 Å². The Kier molecular flexibility index (Phi) is 3.94. The van der Waals surface area contributed by atoms with Crippen molar-refractivity contribution in [3.05, 3.63) is 16.6 Å². The predicted molar refractivity (Wildman–Crippen MR) is 73.9 cm³/mol. The zero-order valence-electron chi connectivity index (χ0n) is 11.7. The van der Waals surface area contributed by atoms with Crippen LogP contribution in [0, 0.1) is 0 Å². The van der Waals surface area contributed by atoms with E-state index in [-0.39, 0.29) is 5.89 Å². The number of aryl methyl sites for hydroxylation is 1. The summed E-state index contributed by atoms with van der Waals surface area (Å²) in [5, 5.41) is 8.04. The molecule has 0 aliphatic carbocycles. The summed E-state index contributed by atoms with van der Waals surface area (Å²) in [6.45, 7) is 5.42. The van der Waals surface area contributed by atoms with Crippen LogP contribution in [-0.4, -0.2) is 32.5 Å². The summed E-state index contributed by atoms with van der Waals surface area (Å²) in [5.41, 5.74) is -0.302. The van der Waals surface area contributed by atoms with E-state index in [0.29, 0.717) is 22.7 Å². The minimum atomic E-state index is -0.989. The fraction of sp³-hybridized carbons (Fsp3) is 0.500. The predicted octanol–water partition coefficient (Wildman–Crippen LogP) is 2.07. The van der Waals surface area contributed by atoms with E-state index in [0.717, 1.165) is 0 Å². The summed E-state index contributed by atoms with van der Waals surface area (Å²) >= 11 is 3.28. The molecule has 0 bridgehead atoms. The molecule has 2 rings (SSSR count). The second-order valence-electron chi connectivity index (χ2n) is 4.74. The Balaban J connectivity index is 2.33. The molecule has 0 saturated heterocycles. The minimum absolute atomic E-state index is 0.211. The first-order chi connectivity index (χ1) is 9.36. The van der Waals surface area contributed by atoms with Gasteiger partial charge in [-0.15, -0.1) is 0 Å². The maximum absolute atomic E-state index is 11.9. The maximum atomic E-state index is 11.9. The highest BCUT2D eigenvalue weighted by Gasteiger charge is 2.37. The molecule has 7 nitrogen and oxygen atoms in total. The Morgan fingerprint density at radius 2 is 2.25 bits per heavy atom. The molecule has 0 N–H and O–H groups in total. The topological polar surface area (TPSA) is 83.0 Å². The lowest BCUT2D eigenvalue weighted by Crippen LogP contribution is -2.31. The maximum Gasteiger partial charge on any atom is 0.321 e. The van der Waals surface area contributed by atoms with Gasteiger partial charge in [0.15, 0.2) is 0 Å². The molecule has 2 aromatic rings. The van der Waals surface area contributed by atoms with Crippen molar-refractivity contribution in [1.82, 2.24) is 19.9 Å². The fourth-order valence-corrected chi connectivity index (χ4v) is 2.08. The van der Waals surface area contributed by atoms with E-state index in [4.69, 9.17) is 9.26 Å². The Bertz CT molecular complexity index is 632. The van der Waals surface area contributed by atoms with Crippen molar-refractivity contribution >= 4 is 21.9 Å². The number of carbonyl (C=O) groups excluding carboxylic acids is 1. The third kappa shape index (κ3) is 2.60. The molecule has 0 aliphatic heterocycles. The van der Waals surface area contributed by atoms with Gasteiger partial charge in [0, 0.05) is 13.1 Å². The van der Waals surface area contributed by atoms with Gasteiger partial charge in [-0.05, 0) is 36.7 Å². The zero-order valence-corrected chi connectivity index (χ0v) is 13.3. The van der Waals surface area contributed by atoms with E-state index in [9.17, 15) is 4.79 Å². The van der Waals surface area contributed by atoms with Gasteiger partial charge >= 0.3 is 5.97 Å². The molecule has 20 heavy (non-hydrogen) atoms. The van der Waals surface area contributed by atoms with Gasteiger partial charge < -0.3 is 9.26 Å². The van der Waals surface area contributed by atoms with E-state index in [1.807, 2.05) is 0 Å². The molecule has 0 unspecified atom stereocenters. The summed E-state index contributed by atoms with van der Waals surface area (Å²) in [4.78, 5) is 16.2. The first-order valence-electron chi connectivity index (χ1n) is 6.07. The molecule has 0 saturated carbocycles. The number of aromatic nitrogens is 4. The first-order valence-corrected chi connectivity index (χ1v) is 6.87. The molecule has 0 aliphatic rings. The average molecular weight is 343 g/mol. The molecule has 2 heterocycles. The lowest BCUT2D eigenvalue weighted by Gasteiger charge is -2.16. The van der Waals surface area contributed by atoms with Crippen LogP contribution in [0.25, 0.3) is 11.5 Å². The highest BCUT2D eigenvalue weighted by Crippen LogP contribution is 2.26. The quantitative estimate of drug-likeness (QED) is 0.791. The van der Waals surface area contributed by atoms with E-state index in [1.165, 1.54) is 0 Å². The molecular formula is C12H15BrN4O3. The molecule has 0 spiro atoms. The van der Waals surface area contributed by atoms with Gasteiger partial charge in [0.1, 0.15) is 15.7 Å². The third-order valence-corrected chi connectivity index (χ3v) is 3.21. The van der Waals surface area contributed by atoms with Crippen molar-refractivity contribution in [2.75, 3.05) is 6.61 Å². The standard InChI is InChI=1S/C12H15BrN4O3/c1-5-19-11(18)12(2,3)10-14-9(16-20-10)7-6-8(13)15-17(7)4/h6H,5H2,1-4H3. The van der Waals surface area contributed by atoms with Crippen molar-refractivity contribution < 1.29 is 14.1 Å². The number of hydrogen-bond acceptors (Lipinski definition) is 6. The highest BCUT2D eigenvalue weighted by molar-refractivity contribution is 9.10. The van der Waals surface area contributed by atoms with Gasteiger partial charge in [0.05, 0.1) is 6.61 Å². The van der Waals surface area contributed by atoms with Crippen LogP contribution in [0.4, 0.5) is 0 Å². The number of ether oxygens (including phenoxy) is 1. The molecule has 108 valence electrons. The van der Waals surface area contributed by atoms with Crippen LogP contribution in [0.15, 0.2) is 15.2 Å². The molecule has 0 fully saturated rings. The second-order valence-corrected chi connectivity index (χ2v) is 5.56. The molecular weight excluding hydrogens is 328 g/mol. The molecule has 8 heteroatoms. The largest absolute Gasteiger partial charge is 0.465 e. The Morgan fingerprint density at radius 3 is 2.80 bits per heavy atom. The minimum Gasteiger partial charge on any atom is -0.465 e. The van der Waals surface area contributed by atoms with Crippen LogP contribution >= 0.6 is 15.9 Å². The monoisotopic (exact) mass is 342 g/mol. The molecule has 0 atom stereocenters. The Morgan fingerprint density at radius 1 is 1.55 bits per heavy atom.